The molecular formula is C21H32OS. The molecule has 8 atom stereocenters. The molecule has 0 aromatic carbocycles. The molecule has 0 N–H and O–H groups in total. The van der Waals surface area contributed by atoms with Gasteiger partial charge in [-0.1, -0.05) is 20.8 Å². The van der Waals surface area contributed by atoms with Gasteiger partial charge in [0.05, 0.1) is 0 Å². The molecule has 4 saturated carbocycles. The van der Waals surface area contributed by atoms with Crippen LogP contribution in [0.3, 0.4) is 0 Å². The molecule has 1 nitrogen and oxygen atoms in total. The summed E-state index contributed by atoms with van der Waals surface area (Å²) < 4.78 is 0.684. The number of hydrogen-bond acceptors (Lipinski definition) is 2. The van der Waals surface area contributed by atoms with Crippen LogP contribution in [0.1, 0.15) is 72.1 Å². The van der Waals surface area contributed by atoms with Crippen molar-refractivity contribution in [1.82, 2.24) is 0 Å². The predicted octanol–water partition coefficient (Wildman–Crippen LogP) is 5.33. The van der Waals surface area contributed by atoms with Crippen molar-refractivity contribution in [3.63, 3.8) is 0 Å². The highest BCUT2D eigenvalue weighted by atomic mass is 32.2. The molecule has 1 saturated heterocycles. The third-order valence-corrected chi connectivity index (χ3v) is 11.1. The molecule has 0 amide bonds. The van der Waals surface area contributed by atoms with Crippen molar-refractivity contribution in [2.75, 3.05) is 5.75 Å². The summed E-state index contributed by atoms with van der Waals surface area (Å²) in [7, 11) is 0. The number of hydrogen-bond donors (Lipinski definition) is 0. The average Bonchev–Trinajstić information content (AvgIpc) is 3.22. The van der Waals surface area contributed by atoms with Gasteiger partial charge in [0, 0.05) is 22.3 Å². The van der Waals surface area contributed by atoms with Crippen LogP contribution in [-0.4, -0.2) is 16.3 Å². The molecule has 128 valence electrons. The predicted molar refractivity (Wildman–Crippen MR) is 96.5 cm³/mol. The lowest BCUT2D eigenvalue weighted by atomic mass is 9.43. The van der Waals surface area contributed by atoms with Gasteiger partial charge in [0.25, 0.3) is 0 Å². The van der Waals surface area contributed by atoms with E-state index in [0.29, 0.717) is 21.9 Å². The van der Waals surface area contributed by atoms with Crippen LogP contribution < -0.4 is 0 Å². The number of ketones is 1. The summed E-state index contributed by atoms with van der Waals surface area (Å²) in [5.74, 6) is 6.39. The van der Waals surface area contributed by atoms with Crippen molar-refractivity contribution in [2.45, 2.75) is 76.9 Å². The third-order valence-electron chi connectivity index (χ3n) is 9.53. The molecule has 0 radical (unpaired) electrons. The van der Waals surface area contributed by atoms with E-state index in [1.54, 1.807) is 0 Å². The largest absolute Gasteiger partial charge is 0.299 e. The normalized spacial score (nSPS) is 61.0. The molecule has 1 heterocycles. The Hall–Kier alpha value is 0.0200. The zero-order valence-corrected chi connectivity index (χ0v) is 15.9. The summed E-state index contributed by atoms with van der Waals surface area (Å²) in [6, 6.07) is 0. The minimum absolute atomic E-state index is 0.0538. The third kappa shape index (κ3) is 1.85. The highest BCUT2D eigenvalue weighted by molar-refractivity contribution is 8.07. The van der Waals surface area contributed by atoms with Crippen molar-refractivity contribution in [2.24, 2.45) is 40.4 Å². The quantitative estimate of drug-likeness (QED) is 0.558. The lowest BCUT2D eigenvalue weighted by Gasteiger charge is -2.61. The van der Waals surface area contributed by atoms with Crippen LogP contribution in [-0.2, 0) is 4.79 Å². The highest BCUT2D eigenvalue weighted by Gasteiger charge is 2.64. The van der Waals surface area contributed by atoms with Gasteiger partial charge in [-0.25, -0.2) is 0 Å². The summed E-state index contributed by atoms with van der Waals surface area (Å²) in [5, 5.41) is 0. The van der Waals surface area contributed by atoms with Crippen molar-refractivity contribution >= 4 is 17.5 Å². The Kier molecular flexibility index (Phi) is 3.05. The Bertz CT molecular complexity index is 552. The Morgan fingerprint density at radius 3 is 2.57 bits per heavy atom. The standard InChI is InChI=1S/C21H32OS/c1-13-10-20(3)14(11-21(13)12-23-21)4-5-15-16-6-7-18(22)19(16,2)9-8-17(15)20/h13-17H,4-12H2,1-3H3/t13-,14-,15-,16-,17+,19+,20+,21+/m1/s1. The van der Waals surface area contributed by atoms with E-state index in [2.05, 4.69) is 32.5 Å². The minimum Gasteiger partial charge on any atom is -0.299 e. The fourth-order valence-corrected chi connectivity index (χ4v) is 9.19. The van der Waals surface area contributed by atoms with E-state index < -0.39 is 0 Å². The second kappa shape index (κ2) is 4.59. The first-order valence-corrected chi connectivity index (χ1v) is 11.0. The average molecular weight is 333 g/mol. The molecule has 1 aliphatic heterocycles. The first kappa shape index (κ1) is 15.3. The van der Waals surface area contributed by atoms with Gasteiger partial charge in [0.2, 0.25) is 0 Å². The van der Waals surface area contributed by atoms with Crippen molar-refractivity contribution in [1.29, 1.82) is 0 Å². The van der Waals surface area contributed by atoms with Crippen LogP contribution in [0.15, 0.2) is 0 Å². The second-order valence-electron chi connectivity index (χ2n) is 10.2. The minimum atomic E-state index is 0.0538. The first-order chi connectivity index (χ1) is 10.9. The lowest BCUT2D eigenvalue weighted by Crippen LogP contribution is -2.55. The zero-order valence-electron chi connectivity index (χ0n) is 15.1. The number of carbonyl (C=O) groups excluding carboxylic acids is 1. The van der Waals surface area contributed by atoms with Gasteiger partial charge >= 0.3 is 0 Å². The molecule has 4 aliphatic carbocycles. The summed E-state index contributed by atoms with van der Waals surface area (Å²) >= 11 is 2.25. The maximum Gasteiger partial charge on any atom is 0.139 e. The number of Topliss-reactive ketones (excluding diaryl/α,β-unsaturated/α-hetero) is 1. The van der Waals surface area contributed by atoms with Gasteiger partial charge in [-0.3, -0.25) is 4.79 Å². The van der Waals surface area contributed by atoms with Crippen LogP contribution in [0, 0.1) is 40.4 Å². The number of rotatable bonds is 0. The van der Waals surface area contributed by atoms with Gasteiger partial charge in [-0.2, -0.15) is 11.8 Å². The summed E-state index contributed by atoms with van der Waals surface area (Å²) in [6.45, 7) is 7.51. The second-order valence-corrected chi connectivity index (χ2v) is 11.6. The smallest absolute Gasteiger partial charge is 0.139 e. The summed E-state index contributed by atoms with van der Waals surface area (Å²) in [6.07, 6.45) is 10.4. The molecular weight excluding hydrogens is 300 g/mol. The fraction of sp³-hybridized carbons (Fsp3) is 0.952. The van der Waals surface area contributed by atoms with Gasteiger partial charge in [-0.05, 0) is 80.0 Å². The van der Waals surface area contributed by atoms with Crippen molar-refractivity contribution in [3.05, 3.63) is 0 Å². The van der Waals surface area contributed by atoms with Crippen LogP contribution in [0.2, 0.25) is 0 Å². The summed E-state index contributed by atoms with van der Waals surface area (Å²) in [4.78, 5) is 12.5. The van der Waals surface area contributed by atoms with E-state index >= 15 is 0 Å². The number of thioether (sulfide) groups is 1. The van der Waals surface area contributed by atoms with Gasteiger partial charge in [0.1, 0.15) is 5.78 Å². The molecule has 0 aromatic heterocycles. The molecule has 5 fully saturated rings. The van der Waals surface area contributed by atoms with E-state index in [0.717, 1.165) is 30.1 Å². The topological polar surface area (TPSA) is 17.1 Å². The molecule has 23 heavy (non-hydrogen) atoms. The summed E-state index contributed by atoms with van der Waals surface area (Å²) in [5.41, 5.74) is 0.627. The van der Waals surface area contributed by atoms with E-state index in [1.807, 2.05) is 0 Å². The SMILES string of the molecule is C[C@@H]1C[C@@]2(C)[C@H](CC[C@@H]3[C@H]4CCC(=O)[C@@]4(C)CC[C@@H]32)C[C@]12CS2. The molecule has 5 rings (SSSR count). The maximum absolute atomic E-state index is 12.5. The Morgan fingerprint density at radius 2 is 1.83 bits per heavy atom. The molecule has 0 bridgehead atoms. The van der Waals surface area contributed by atoms with E-state index in [9.17, 15) is 4.79 Å². The van der Waals surface area contributed by atoms with Gasteiger partial charge in [-0.15, -0.1) is 0 Å². The van der Waals surface area contributed by atoms with Crippen LogP contribution >= 0.6 is 11.8 Å². The van der Waals surface area contributed by atoms with Crippen LogP contribution in [0.25, 0.3) is 0 Å². The Balaban J connectivity index is 1.47. The van der Waals surface area contributed by atoms with E-state index in [1.165, 1.54) is 50.7 Å². The van der Waals surface area contributed by atoms with Gasteiger partial charge < -0.3 is 0 Å². The molecule has 1 spiro atoms. The Labute approximate surface area is 145 Å². The van der Waals surface area contributed by atoms with E-state index in [4.69, 9.17) is 0 Å². The van der Waals surface area contributed by atoms with Gasteiger partial charge in [0.15, 0.2) is 0 Å². The van der Waals surface area contributed by atoms with Crippen molar-refractivity contribution in [3.8, 4) is 0 Å². The van der Waals surface area contributed by atoms with Crippen LogP contribution in [0.4, 0.5) is 0 Å². The molecule has 2 heteroatoms. The van der Waals surface area contributed by atoms with E-state index in [-0.39, 0.29) is 5.41 Å². The van der Waals surface area contributed by atoms with Crippen LogP contribution in [0.5, 0.6) is 0 Å². The lowest BCUT2D eigenvalue weighted by molar-refractivity contribution is -0.141. The number of fused-ring (bicyclic) bond motifs is 5. The Morgan fingerprint density at radius 1 is 1.04 bits per heavy atom. The van der Waals surface area contributed by atoms with Crippen molar-refractivity contribution < 1.29 is 4.79 Å². The molecule has 0 aromatic rings. The fourth-order valence-electron chi connectivity index (χ4n) is 7.92. The monoisotopic (exact) mass is 332 g/mol. The highest BCUT2D eigenvalue weighted by Crippen LogP contribution is 2.70. The molecule has 0 unspecified atom stereocenters. The zero-order chi connectivity index (χ0) is 16.0. The maximum atomic E-state index is 12.5. The molecule has 5 aliphatic rings. The first-order valence-electron chi connectivity index (χ1n) is 10.1. The number of carbonyl (C=O) groups is 1.